The van der Waals surface area contributed by atoms with Crippen LogP contribution >= 0.6 is 0 Å². The molecule has 1 N–H and O–H groups in total. The van der Waals surface area contributed by atoms with Crippen molar-refractivity contribution in [1.29, 1.82) is 0 Å². The molecule has 116 valence electrons. The summed E-state index contributed by atoms with van der Waals surface area (Å²) in [5.74, 6) is 0.301. The van der Waals surface area contributed by atoms with Crippen molar-refractivity contribution < 1.29 is 9.53 Å². The van der Waals surface area contributed by atoms with Crippen LogP contribution in [0.15, 0.2) is 10.9 Å². The number of carbonyl (C=O) groups is 1. The monoisotopic (exact) mass is 292 g/mol. The smallest absolute Gasteiger partial charge is 0.259 e. The second-order valence-corrected chi connectivity index (χ2v) is 5.72. The molecule has 0 atom stereocenters. The van der Waals surface area contributed by atoms with Gasteiger partial charge in [-0.15, -0.1) is 0 Å². The van der Waals surface area contributed by atoms with E-state index in [0.717, 1.165) is 31.7 Å². The van der Waals surface area contributed by atoms with Crippen LogP contribution < -0.4 is 5.43 Å². The van der Waals surface area contributed by atoms with Gasteiger partial charge in [-0.25, -0.2) is 0 Å². The van der Waals surface area contributed by atoms with Crippen molar-refractivity contribution >= 4 is 5.91 Å². The van der Waals surface area contributed by atoms with Crippen LogP contribution in [0.2, 0.25) is 0 Å². The maximum absolute atomic E-state index is 12.7. The zero-order valence-corrected chi connectivity index (χ0v) is 13.1. The SMILES string of the molecule is CCN(CC1CCOCC1)C(=O)c1c(C)[nH]c(C)cc1=O. The predicted molar refractivity (Wildman–Crippen MR) is 81.7 cm³/mol. The number of aryl methyl sites for hydroxylation is 2. The van der Waals surface area contributed by atoms with Gasteiger partial charge in [0.1, 0.15) is 5.56 Å². The molecule has 1 aliphatic rings. The van der Waals surface area contributed by atoms with Crippen molar-refractivity contribution in [3.8, 4) is 0 Å². The maximum Gasteiger partial charge on any atom is 0.259 e. The van der Waals surface area contributed by atoms with Crippen LogP contribution in [0.3, 0.4) is 0 Å². The third-order valence-corrected chi connectivity index (χ3v) is 4.06. The van der Waals surface area contributed by atoms with E-state index in [2.05, 4.69) is 4.98 Å². The first kappa shape index (κ1) is 15.8. The number of H-pyrrole nitrogens is 1. The van der Waals surface area contributed by atoms with E-state index in [0.29, 0.717) is 24.7 Å². The van der Waals surface area contributed by atoms with Crippen LogP contribution in [0, 0.1) is 19.8 Å². The van der Waals surface area contributed by atoms with E-state index in [1.807, 2.05) is 13.8 Å². The number of hydrogen-bond acceptors (Lipinski definition) is 3. The summed E-state index contributed by atoms with van der Waals surface area (Å²) in [5.41, 5.74) is 1.51. The highest BCUT2D eigenvalue weighted by Crippen LogP contribution is 2.17. The molecule has 0 radical (unpaired) electrons. The summed E-state index contributed by atoms with van der Waals surface area (Å²) in [6, 6.07) is 1.49. The first-order valence-electron chi connectivity index (χ1n) is 7.60. The highest BCUT2D eigenvalue weighted by atomic mass is 16.5. The Morgan fingerprint density at radius 1 is 1.38 bits per heavy atom. The molecule has 0 saturated carbocycles. The molecule has 5 heteroatoms. The number of carbonyl (C=O) groups excluding carboxylic acids is 1. The number of aromatic amines is 1. The van der Waals surface area contributed by atoms with Crippen molar-refractivity contribution in [3.63, 3.8) is 0 Å². The summed E-state index contributed by atoms with van der Waals surface area (Å²) in [6.07, 6.45) is 1.96. The minimum atomic E-state index is -0.195. The van der Waals surface area contributed by atoms with Gasteiger partial charge in [-0.1, -0.05) is 0 Å². The average Bonchev–Trinajstić information content (AvgIpc) is 2.44. The lowest BCUT2D eigenvalue weighted by Crippen LogP contribution is -2.39. The predicted octanol–water partition coefficient (Wildman–Crippen LogP) is 1.88. The van der Waals surface area contributed by atoms with Crippen LogP contribution in [-0.4, -0.2) is 42.1 Å². The molecule has 0 aromatic carbocycles. The number of nitrogens with zero attached hydrogens (tertiary/aromatic N) is 1. The molecule has 0 bridgehead atoms. The van der Waals surface area contributed by atoms with Gasteiger partial charge in [-0.05, 0) is 39.5 Å². The number of amides is 1. The Bertz CT molecular complexity index is 559. The van der Waals surface area contributed by atoms with Crippen molar-refractivity contribution in [1.82, 2.24) is 9.88 Å². The third-order valence-electron chi connectivity index (χ3n) is 4.06. The van der Waals surface area contributed by atoms with E-state index in [9.17, 15) is 9.59 Å². The molecule has 2 rings (SSSR count). The Kier molecular flexibility index (Phi) is 5.17. The Morgan fingerprint density at radius 3 is 2.62 bits per heavy atom. The second-order valence-electron chi connectivity index (χ2n) is 5.72. The van der Waals surface area contributed by atoms with E-state index >= 15 is 0 Å². The van der Waals surface area contributed by atoms with E-state index in [4.69, 9.17) is 4.74 Å². The normalized spacial score (nSPS) is 16.0. The van der Waals surface area contributed by atoms with Gasteiger partial charge in [-0.3, -0.25) is 9.59 Å². The van der Waals surface area contributed by atoms with Gasteiger partial charge in [0.15, 0.2) is 5.43 Å². The highest BCUT2D eigenvalue weighted by molar-refractivity contribution is 5.95. The number of nitrogens with one attached hydrogen (secondary N) is 1. The lowest BCUT2D eigenvalue weighted by molar-refractivity contribution is 0.0466. The number of rotatable bonds is 4. The summed E-state index contributed by atoms with van der Waals surface area (Å²) in [5, 5.41) is 0. The zero-order chi connectivity index (χ0) is 15.4. The molecule has 2 heterocycles. The third kappa shape index (κ3) is 3.73. The van der Waals surface area contributed by atoms with Crippen LogP contribution in [0.25, 0.3) is 0 Å². The Hall–Kier alpha value is -1.62. The second kappa shape index (κ2) is 6.89. The van der Waals surface area contributed by atoms with Crippen molar-refractivity contribution in [2.24, 2.45) is 5.92 Å². The van der Waals surface area contributed by atoms with Gasteiger partial charge in [0, 0.05) is 43.8 Å². The summed E-state index contributed by atoms with van der Waals surface area (Å²) >= 11 is 0. The first-order chi connectivity index (χ1) is 10.0. The molecule has 0 spiro atoms. The van der Waals surface area contributed by atoms with Crippen molar-refractivity contribution in [2.45, 2.75) is 33.6 Å². The standard InChI is InChI=1S/C16H24N2O3/c1-4-18(10-13-5-7-21-8-6-13)16(20)15-12(3)17-11(2)9-14(15)19/h9,13H,4-8,10H2,1-3H3,(H,17,19). The molecule has 1 saturated heterocycles. The van der Waals surface area contributed by atoms with Crippen LogP contribution in [-0.2, 0) is 4.74 Å². The van der Waals surface area contributed by atoms with Gasteiger partial charge >= 0.3 is 0 Å². The number of hydrogen-bond donors (Lipinski definition) is 1. The van der Waals surface area contributed by atoms with E-state index in [1.165, 1.54) is 6.07 Å². The quantitative estimate of drug-likeness (QED) is 0.921. The molecule has 1 fully saturated rings. The summed E-state index contributed by atoms with van der Waals surface area (Å²) in [7, 11) is 0. The minimum Gasteiger partial charge on any atom is -0.381 e. The van der Waals surface area contributed by atoms with Crippen molar-refractivity contribution in [3.05, 3.63) is 33.2 Å². The molecule has 1 amide bonds. The fourth-order valence-corrected chi connectivity index (χ4v) is 2.87. The van der Waals surface area contributed by atoms with Gasteiger partial charge in [0.25, 0.3) is 5.91 Å². The van der Waals surface area contributed by atoms with E-state index < -0.39 is 0 Å². The number of aromatic nitrogens is 1. The average molecular weight is 292 g/mol. The van der Waals surface area contributed by atoms with Crippen LogP contribution in [0.1, 0.15) is 41.5 Å². The first-order valence-corrected chi connectivity index (χ1v) is 7.60. The summed E-state index contributed by atoms with van der Waals surface area (Å²) in [6.45, 7) is 8.40. The van der Waals surface area contributed by atoms with Gasteiger partial charge in [-0.2, -0.15) is 0 Å². The molecule has 21 heavy (non-hydrogen) atoms. The highest BCUT2D eigenvalue weighted by Gasteiger charge is 2.24. The van der Waals surface area contributed by atoms with Crippen molar-refractivity contribution in [2.75, 3.05) is 26.3 Å². The Morgan fingerprint density at radius 2 is 2.05 bits per heavy atom. The fourth-order valence-electron chi connectivity index (χ4n) is 2.87. The molecular formula is C16H24N2O3. The van der Waals surface area contributed by atoms with Crippen LogP contribution in [0.5, 0.6) is 0 Å². The lowest BCUT2D eigenvalue weighted by Gasteiger charge is -2.29. The van der Waals surface area contributed by atoms with E-state index in [1.54, 1.807) is 11.8 Å². The molecule has 1 aliphatic heterocycles. The molecule has 0 aliphatic carbocycles. The summed E-state index contributed by atoms with van der Waals surface area (Å²) < 4.78 is 5.35. The Labute approximate surface area is 125 Å². The van der Waals surface area contributed by atoms with Gasteiger partial charge in [0.05, 0.1) is 0 Å². The molecule has 1 aromatic heterocycles. The van der Waals surface area contributed by atoms with Crippen LogP contribution in [0.4, 0.5) is 0 Å². The lowest BCUT2D eigenvalue weighted by atomic mass is 9.99. The fraction of sp³-hybridized carbons (Fsp3) is 0.625. The molecule has 5 nitrogen and oxygen atoms in total. The molecule has 1 aromatic rings. The topological polar surface area (TPSA) is 62.4 Å². The Balaban J connectivity index is 2.18. The molecule has 0 unspecified atom stereocenters. The maximum atomic E-state index is 12.7. The number of ether oxygens (including phenoxy) is 1. The zero-order valence-electron chi connectivity index (χ0n) is 13.1. The minimum absolute atomic E-state index is 0.164. The summed E-state index contributed by atoms with van der Waals surface area (Å²) in [4.78, 5) is 29.7. The number of pyridine rings is 1. The van der Waals surface area contributed by atoms with Gasteiger partial charge < -0.3 is 14.6 Å². The largest absolute Gasteiger partial charge is 0.381 e. The van der Waals surface area contributed by atoms with E-state index in [-0.39, 0.29) is 16.9 Å². The van der Waals surface area contributed by atoms with Gasteiger partial charge in [0.2, 0.25) is 0 Å². The molecular weight excluding hydrogens is 268 g/mol.